The standard InChI is InChI=1S/C9H13NO3S/c1-5(9(12)13)8(11)10-3-7-2-6(10)4-14-7/h5-7H,2-4H2,1H3,(H,12,13). The van der Waals surface area contributed by atoms with E-state index in [1.165, 1.54) is 6.92 Å². The van der Waals surface area contributed by atoms with Crippen LogP contribution in [0.15, 0.2) is 0 Å². The first-order chi connectivity index (χ1) is 6.59. The molecule has 0 radical (unpaired) electrons. The molecule has 3 unspecified atom stereocenters. The fourth-order valence-corrected chi connectivity index (χ4v) is 3.46. The van der Waals surface area contributed by atoms with Crippen molar-refractivity contribution in [1.82, 2.24) is 4.90 Å². The molecule has 0 aliphatic carbocycles. The maximum atomic E-state index is 11.7. The van der Waals surface area contributed by atoms with Gasteiger partial charge in [-0.2, -0.15) is 11.8 Å². The Bertz CT molecular complexity index is 281. The monoisotopic (exact) mass is 215 g/mol. The lowest BCUT2D eigenvalue weighted by molar-refractivity contribution is -0.150. The summed E-state index contributed by atoms with van der Waals surface area (Å²) in [5.74, 6) is -1.15. The second-order valence-corrected chi connectivity index (χ2v) is 5.23. The molecule has 78 valence electrons. The first-order valence-corrected chi connectivity index (χ1v) is 5.79. The molecular weight excluding hydrogens is 202 g/mol. The van der Waals surface area contributed by atoms with E-state index in [1.54, 1.807) is 4.90 Å². The van der Waals surface area contributed by atoms with Crippen LogP contribution in [0.1, 0.15) is 13.3 Å². The number of amides is 1. The summed E-state index contributed by atoms with van der Waals surface area (Å²) in [7, 11) is 0. The Balaban J connectivity index is 2.02. The topological polar surface area (TPSA) is 57.6 Å². The molecule has 0 aromatic rings. The van der Waals surface area contributed by atoms with Crippen molar-refractivity contribution in [3.05, 3.63) is 0 Å². The van der Waals surface area contributed by atoms with E-state index in [0.717, 1.165) is 18.7 Å². The lowest BCUT2D eigenvalue weighted by Gasteiger charge is -2.28. The van der Waals surface area contributed by atoms with Gasteiger partial charge in [-0.3, -0.25) is 9.59 Å². The second-order valence-electron chi connectivity index (χ2n) is 3.90. The van der Waals surface area contributed by atoms with Gasteiger partial charge in [0, 0.05) is 23.6 Å². The van der Waals surface area contributed by atoms with Crippen LogP contribution in [0.25, 0.3) is 0 Å². The number of aliphatic carboxylic acids is 1. The fraction of sp³-hybridized carbons (Fsp3) is 0.778. The number of carbonyl (C=O) groups excluding carboxylic acids is 1. The van der Waals surface area contributed by atoms with E-state index in [4.69, 9.17) is 5.11 Å². The molecule has 4 nitrogen and oxygen atoms in total. The zero-order chi connectivity index (χ0) is 10.3. The highest BCUT2D eigenvalue weighted by Crippen LogP contribution is 2.37. The highest BCUT2D eigenvalue weighted by molar-refractivity contribution is 8.00. The highest BCUT2D eigenvalue weighted by Gasteiger charge is 2.42. The van der Waals surface area contributed by atoms with Crippen molar-refractivity contribution < 1.29 is 14.7 Å². The minimum atomic E-state index is -1.02. The van der Waals surface area contributed by atoms with Crippen LogP contribution in [0.4, 0.5) is 0 Å². The lowest BCUT2D eigenvalue weighted by Crippen LogP contribution is -2.43. The molecule has 0 spiro atoms. The predicted octanol–water partition coefficient (Wildman–Crippen LogP) is 0.423. The summed E-state index contributed by atoms with van der Waals surface area (Å²) in [6, 6.07) is 0.291. The number of fused-ring (bicyclic) bond motifs is 2. The zero-order valence-corrected chi connectivity index (χ0v) is 8.79. The number of hydrogen-bond donors (Lipinski definition) is 1. The molecule has 2 saturated heterocycles. The summed E-state index contributed by atoms with van der Waals surface area (Å²) >= 11 is 1.89. The minimum absolute atomic E-state index is 0.217. The SMILES string of the molecule is CC(C(=O)O)C(=O)N1CC2CC1CS2. The van der Waals surface area contributed by atoms with Crippen LogP contribution < -0.4 is 0 Å². The number of rotatable bonds is 2. The van der Waals surface area contributed by atoms with Crippen molar-refractivity contribution in [3.63, 3.8) is 0 Å². The zero-order valence-electron chi connectivity index (χ0n) is 7.97. The molecule has 1 N–H and O–H groups in total. The van der Waals surface area contributed by atoms with Crippen molar-refractivity contribution in [1.29, 1.82) is 0 Å². The molecule has 2 heterocycles. The lowest BCUT2D eigenvalue weighted by atomic mass is 10.1. The summed E-state index contributed by atoms with van der Waals surface area (Å²) in [5, 5.41) is 9.28. The number of carboxylic acids is 1. The third-order valence-corrected chi connectivity index (χ3v) is 4.31. The maximum absolute atomic E-state index is 11.7. The molecule has 0 aromatic carbocycles. The van der Waals surface area contributed by atoms with Gasteiger partial charge in [0.1, 0.15) is 5.92 Å². The van der Waals surface area contributed by atoms with Gasteiger partial charge in [-0.05, 0) is 13.3 Å². The van der Waals surface area contributed by atoms with Crippen LogP contribution in [0.3, 0.4) is 0 Å². The summed E-state index contributed by atoms with van der Waals surface area (Å²) in [6.45, 7) is 2.20. The quantitative estimate of drug-likeness (QED) is 0.678. The average molecular weight is 215 g/mol. The van der Waals surface area contributed by atoms with Crippen LogP contribution in [0.2, 0.25) is 0 Å². The summed E-state index contributed by atoms with van der Waals surface area (Å²) in [6.07, 6.45) is 1.04. The van der Waals surface area contributed by atoms with E-state index in [0.29, 0.717) is 11.3 Å². The van der Waals surface area contributed by atoms with Gasteiger partial charge in [-0.15, -0.1) is 0 Å². The number of thioether (sulfide) groups is 1. The maximum Gasteiger partial charge on any atom is 0.315 e. The first kappa shape index (κ1) is 9.83. The van der Waals surface area contributed by atoms with Gasteiger partial charge in [0.25, 0.3) is 0 Å². The third kappa shape index (κ3) is 1.49. The molecular formula is C9H13NO3S. The number of nitrogens with zero attached hydrogens (tertiary/aromatic N) is 1. The summed E-state index contributed by atoms with van der Waals surface area (Å²) in [4.78, 5) is 24.1. The van der Waals surface area contributed by atoms with Crippen molar-refractivity contribution >= 4 is 23.6 Å². The predicted molar refractivity (Wildman–Crippen MR) is 53.2 cm³/mol. The molecule has 0 saturated carbocycles. The Kier molecular flexibility index (Phi) is 2.43. The largest absolute Gasteiger partial charge is 0.481 e. The van der Waals surface area contributed by atoms with E-state index >= 15 is 0 Å². The highest BCUT2D eigenvalue weighted by atomic mass is 32.2. The molecule has 3 atom stereocenters. The Morgan fingerprint density at radius 3 is 2.71 bits per heavy atom. The number of carboxylic acid groups (broad SMARTS) is 1. The van der Waals surface area contributed by atoms with E-state index in [2.05, 4.69) is 0 Å². The van der Waals surface area contributed by atoms with Crippen LogP contribution in [0.5, 0.6) is 0 Å². The molecule has 14 heavy (non-hydrogen) atoms. The normalized spacial score (nSPS) is 31.9. The molecule has 2 aliphatic heterocycles. The van der Waals surface area contributed by atoms with E-state index in [1.807, 2.05) is 11.8 Å². The Morgan fingerprint density at radius 1 is 1.57 bits per heavy atom. The number of likely N-dealkylation sites (tertiary alicyclic amines) is 1. The first-order valence-electron chi connectivity index (χ1n) is 4.74. The molecule has 2 rings (SSSR count). The molecule has 2 bridgehead atoms. The third-order valence-electron chi connectivity index (χ3n) is 2.92. The number of carbonyl (C=O) groups is 2. The van der Waals surface area contributed by atoms with Gasteiger partial charge in [-0.1, -0.05) is 0 Å². The van der Waals surface area contributed by atoms with Crippen molar-refractivity contribution in [3.8, 4) is 0 Å². The van der Waals surface area contributed by atoms with Crippen LogP contribution in [0, 0.1) is 5.92 Å². The molecule has 2 aliphatic rings. The number of hydrogen-bond acceptors (Lipinski definition) is 3. The van der Waals surface area contributed by atoms with Crippen LogP contribution >= 0.6 is 11.8 Å². The van der Waals surface area contributed by atoms with Crippen molar-refractivity contribution in [2.24, 2.45) is 5.92 Å². The van der Waals surface area contributed by atoms with Gasteiger partial charge in [0.05, 0.1) is 0 Å². The smallest absolute Gasteiger partial charge is 0.315 e. The summed E-state index contributed by atoms with van der Waals surface area (Å²) in [5.41, 5.74) is 0. The molecule has 0 aromatic heterocycles. The van der Waals surface area contributed by atoms with Crippen molar-refractivity contribution in [2.45, 2.75) is 24.6 Å². The van der Waals surface area contributed by atoms with Crippen LogP contribution in [-0.2, 0) is 9.59 Å². The van der Waals surface area contributed by atoms with Gasteiger partial charge >= 0.3 is 5.97 Å². The van der Waals surface area contributed by atoms with E-state index < -0.39 is 11.9 Å². The van der Waals surface area contributed by atoms with Gasteiger partial charge in [0.2, 0.25) is 5.91 Å². The molecule has 5 heteroatoms. The molecule has 2 fully saturated rings. The van der Waals surface area contributed by atoms with Gasteiger partial charge in [0.15, 0.2) is 0 Å². The average Bonchev–Trinajstić information content (AvgIpc) is 2.76. The van der Waals surface area contributed by atoms with Gasteiger partial charge < -0.3 is 10.0 Å². The van der Waals surface area contributed by atoms with Crippen molar-refractivity contribution in [2.75, 3.05) is 12.3 Å². The van der Waals surface area contributed by atoms with E-state index in [-0.39, 0.29) is 5.91 Å². The van der Waals surface area contributed by atoms with Gasteiger partial charge in [-0.25, -0.2) is 0 Å². The Labute approximate surface area is 86.6 Å². The fourth-order valence-electron chi connectivity index (χ4n) is 2.02. The second kappa shape index (κ2) is 3.46. The van der Waals surface area contributed by atoms with Crippen LogP contribution in [-0.4, -0.2) is 45.5 Å². The van der Waals surface area contributed by atoms with E-state index in [9.17, 15) is 9.59 Å². The Morgan fingerprint density at radius 2 is 2.29 bits per heavy atom. The minimum Gasteiger partial charge on any atom is -0.481 e. The summed E-state index contributed by atoms with van der Waals surface area (Å²) < 4.78 is 0. The Hall–Kier alpha value is -0.710. The molecule has 1 amide bonds.